The Morgan fingerprint density at radius 3 is 1.78 bits per heavy atom. The van der Waals surface area contributed by atoms with E-state index in [1.54, 1.807) is 0 Å². The van der Waals surface area contributed by atoms with Crippen LogP contribution in [0, 0.1) is 0 Å². The first-order valence-electron chi connectivity index (χ1n) is 6.10. The zero-order chi connectivity index (χ0) is 12.8. The summed E-state index contributed by atoms with van der Waals surface area (Å²) in [5.41, 5.74) is 2.01. The molecule has 0 fully saturated rings. The highest BCUT2D eigenvalue weighted by molar-refractivity contribution is 6.18. The summed E-state index contributed by atoms with van der Waals surface area (Å²) in [6.07, 6.45) is -0.297. The highest BCUT2D eigenvalue weighted by Crippen LogP contribution is 2.26. The Morgan fingerprint density at radius 2 is 1.39 bits per heavy atom. The normalized spacial score (nSPS) is 10.5. The van der Waals surface area contributed by atoms with Crippen molar-refractivity contribution in [2.24, 2.45) is 0 Å². The predicted octanol–water partition coefficient (Wildman–Crippen LogP) is 2.10. The molecule has 0 saturated heterocycles. The zero-order valence-corrected chi connectivity index (χ0v) is 12.4. The third kappa shape index (κ3) is 3.08. The molecule has 18 heavy (non-hydrogen) atoms. The van der Waals surface area contributed by atoms with Crippen molar-refractivity contribution in [2.75, 3.05) is 0 Å². The molecule has 3 heteroatoms. The number of rotatable bonds is 4. The standard InChI is InChI=1S/C15H16O2Si/c16-14(11-18)17-15(12-7-3-1-4-8-12)13-9-5-2-6-10-13/h1-10,15H,11H2,18H3. The van der Waals surface area contributed by atoms with E-state index >= 15 is 0 Å². The van der Waals surface area contributed by atoms with E-state index < -0.39 is 0 Å². The summed E-state index contributed by atoms with van der Waals surface area (Å²) in [6.45, 7) is 0. The van der Waals surface area contributed by atoms with E-state index in [-0.39, 0.29) is 12.1 Å². The molecule has 92 valence electrons. The van der Waals surface area contributed by atoms with Crippen LogP contribution in [0.3, 0.4) is 0 Å². The van der Waals surface area contributed by atoms with Gasteiger partial charge in [-0.15, -0.1) is 0 Å². The lowest BCUT2D eigenvalue weighted by atomic mass is 10.0. The van der Waals surface area contributed by atoms with Crippen molar-refractivity contribution in [3.8, 4) is 0 Å². The Kier molecular flexibility index (Phi) is 4.31. The zero-order valence-electron chi connectivity index (χ0n) is 10.4. The maximum absolute atomic E-state index is 11.6. The third-order valence-corrected chi connectivity index (χ3v) is 3.32. The topological polar surface area (TPSA) is 26.3 Å². The minimum absolute atomic E-state index is 0.126. The number of ether oxygens (including phenoxy) is 1. The SMILES string of the molecule is O=C(C[SiH3])OC(c1ccccc1)c1ccccc1. The minimum Gasteiger partial charge on any atom is -0.453 e. The lowest BCUT2D eigenvalue weighted by Crippen LogP contribution is -2.12. The summed E-state index contributed by atoms with van der Waals surface area (Å²) in [5, 5.41) is 0. The first kappa shape index (κ1) is 12.6. The Bertz CT molecular complexity index is 457. The van der Waals surface area contributed by atoms with Crippen LogP contribution in [-0.4, -0.2) is 16.2 Å². The summed E-state index contributed by atoms with van der Waals surface area (Å²) in [5.74, 6) is -0.126. The van der Waals surface area contributed by atoms with Crippen LogP contribution in [0.5, 0.6) is 0 Å². The molecule has 0 aliphatic carbocycles. The maximum atomic E-state index is 11.6. The van der Waals surface area contributed by atoms with Crippen molar-refractivity contribution in [1.29, 1.82) is 0 Å². The van der Waals surface area contributed by atoms with E-state index in [0.29, 0.717) is 6.04 Å². The number of hydrogen-bond donors (Lipinski definition) is 0. The quantitative estimate of drug-likeness (QED) is 0.618. The van der Waals surface area contributed by atoms with Gasteiger partial charge >= 0.3 is 5.97 Å². The van der Waals surface area contributed by atoms with Crippen molar-refractivity contribution in [2.45, 2.75) is 12.1 Å². The summed E-state index contributed by atoms with van der Waals surface area (Å²) in [7, 11) is 0.828. The van der Waals surface area contributed by atoms with Gasteiger partial charge in [0.1, 0.15) is 0 Å². The number of carbonyl (C=O) groups excluding carboxylic acids is 1. The number of benzene rings is 2. The van der Waals surface area contributed by atoms with Crippen LogP contribution in [0.1, 0.15) is 17.2 Å². The Labute approximate surface area is 110 Å². The van der Waals surface area contributed by atoms with Crippen LogP contribution in [0.4, 0.5) is 0 Å². The summed E-state index contributed by atoms with van der Waals surface area (Å²) < 4.78 is 5.57. The summed E-state index contributed by atoms with van der Waals surface area (Å²) in [4.78, 5) is 11.6. The average Bonchev–Trinajstić information content (AvgIpc) is 2.46. The molecule has 0 radical (unpaired) electrons. The molecule has 0 N–H and O–H groups in total. The van der Waals surface area contributed by atoms with Gasteiger partial charge in [-0.2, -0.15) is 0 Å². The average molecular weight is 256 g/mol. The van der Waals surface area contributed by atoms with Gasteiger partial charge in [0, 0.05) is 16.3 Å². The van der Waals surface area contributed by atoms with Crippen molar-refractivity contribution in [3.05, 3.63) is 71.8 Å². The van der Waals surface area contributed by atoms with Gasteiger partial charge < -0.3 is 4.74 Å². The van der Waals surface area contributed by atoms with E-state index in [1.165, 1.54) is 0 Å². The smallest absolute Gasteiger partial charge is 0.303 e. The molecule has 0 unspecified atom stereocenters. The van der Waals surface area contributed by atoms with Gasteiger partial charge in [-0.05, 0) is 11.1 Å². The summed E-state index contributed by atoms with van der Waals surface area (Å²) >= 11 is 0. The molecule has 0 saturated carbocycles. The monoisotopic (exact) mass is 256 g/mol. The van der Waals surface area contributed by atoms with Gasteiger partial charge in [0.05, 0.1) is 0 Å². The van der Waals surface area contributed by atoms with E-state index in [4.69, 9.17) is 4.74 Å². The van der Waals surface area contributed by atoms with E-state index in [0.717, 1.165) is 21.4 Å². The summed E-state index contributed by atoms with van der Waals surface area (Å²) in [6, 6.07) is 20.2. The molecule has 2 nitrogen and oxygen atoms in total. The highest BCUT2D eigenvalue weighted by atomic mass is 28.1. The second-order valence-electron chi connectivity index (χ2n) is 4.04. The van der Waals surface area contributed by atoms with Crippen LogP contribution in [0.15, 0.2) is 60.7 Å². The fraction of sp³-hybridized carbons (Fsp3) is 0.133. The Hall–Kier alpha value is -1.87. The van der Waals surface area contributed by atoms with Gasteiger partial charge in [0.15, 0.2) is 6.10 Å². The molecule has 0 spiro atoms. The molecule has 2 aromatic carbocycles. The molecular formula is C15H16O2Si. The molecule has 0 atom stereocenters. The molecule has 2 rings (SSSR count). The molecule has 0 aromatic heterocycles. The first-order valence-corrected chi connectivity index (χ1v) is 7.52. The molecule has 0 bridgehead atoms. The largest absolute Gasteiger partial charge is 0.453 e. The van der Waals surface area contributed by atoms with Crippen molar-refractivity contribution in [1.82, 2.24) is 0 Å². The van der Waals surface area contributed by atoms with Crippen LogP contribution in [0.25, 0.3) is 0 Å². The second-order valence-corrected chi connectivity index (χ2v) is 4.75. The molecular weight excluding hydrogens is 240 g/mol. The van der Waals surface area contributed by atoms with Crippen LogP contribution < -0.4 is 0 Å². The van der Waals surface area contributed by atoms with E-state index in [1.807, 2.05) is 60.7 Å². The van der Waals surface area contributed by atoms with Gasteiger partial charge in [-0.3, -0.25) is 4.79 Å². The second kappa shape index (κ2) is 6.17. The van der Waals surface area contributed by atoms with Gasteiger partial charge in [0.2, 0.25) is 0 Å². The third-order valence-electron chi connectivity index (χ3n) is 2.74. The Balaban J connectivity index is 2.32. The van der Waals surface area contributed by atoms with Gasteiger partial charge in [0.25, 0.3) is 0 Å². The van der Waals surface area contributed by atoms with Gasteiger partial charge in [-0.25, -0.2) is 0 Å². The molecule has 0 amide bonds. The van der Waals surface area contributed by atoms with Gasteiger partial charge in [-0.1, -0.05) is 60.7 Å². The number of hydrogen-bond acceptors (Lipinski definition) is 2. The van der Waals surface area contributed by atoms with E-state index in [9.17, 15) is 4.79 Å². The number of carbonyl (C=O) groups is 1. The fourth-order valence-corrected chi connectivity index (χ4v) is 1.97. The lowest BCUT2D eigenvalue weighted by Gasteiger charge is -2.18. The molecule has 0 aliphatic heterocycles. The lowest BCUT2D eigenvalue weighted by molar-refractivity contribution is -0.144. The highest BCUT2D eigenvalue weighted by Gasteiger charge is 2.17. The number of esters is 1. The van der Waals surface area contributed by atoms with Crippen LogP contribution in [0.2, 0.25) is 6.04 Å². The van der Waals surface area contributed by atoms with E-state index in [2.05, 4.69) is 0 Å². The maximum Gasteiger partial charge on any atom is 0.303 e. The predicted molar refractivity (Wildman–Crippen MR) is 75.6 cm³/mol. The van der Waals surface area contributed by atoms with Crippen LogP contribution in [-0.2, 0) is 9.53 Å². The fourth-order valence-electron chi connectivity index (χ4n) is 1.80. The van der Waals surface area contributed by atoms with Crippen molar-refractivity contribution in [3.63, 3.8) is 0 Å². The first-order chi connectivity index (χ1) is 8.81. The molecule has 0 aliphatic rings. The van der Waals surface area contributed by atoms with Crippen molar-refractivity contribution < 1.29 is 9.53 Å². The Morgan fingerprint density at radius 1 is 0.944 bits per heavy atom. The minimum atomic E-state index is -0.297. The molecule has 2 aromatic rings. The van der Waals surface area contributed by atoms with Crippen molar-refractivity contribution >= 4 is 16.2 Å². The van der Waals surface area contributed by atoms with Crippen LogP contribution >= 0.6 is 0 Å². The molecule has 0 heterocycles.